The Morgan fingerprint density at radius 2 is 2.06 bits per heavy atom. The van der Waals surface area contributed by atoms with E-state index in [-0.39, 0.29) is 5.38 Å². The summed E-state index contributed by atoms with van der Waals surface area (Å²) in [6, 6.07) is 0. The average Bonchev–Trinajstić information content (AvgIpc) is 2.28. The van der Waals surface area contributed by atoms with Crippen LogP contribution in [0.1, 0.15) is 19.8 Å². The molecule has 16 heavy (non-hydrogen) atoms. The van der Waals surface area contributed by atoms with E-state index in [2.05, 4.69) is 47.8 Å². The maximum atomic E-state index is 9.92. The van der Waals surface area contributed by atoms with Crippen molar-refractivity contribution in [3.05, 3.63) is 10.6 Å². The number of hydrogen-bond acceptors (Lipinski definition) is 1. The van der Waals surface area contributed by atoms with Crippen LogP contribution in [-0.4, -0.2) is 32.1 Å². The predicted molar refractivity (Wildman–Crippen MR) is 83.7 cm³/mol. The Kier molecular flexibility index (Phi) is 9.70. The molecule has 0 bridgehead atoms. The molecule has 3 atom stereocenters. The van der Waals surface area contributed by atoms with E-state index in [0.717, 1.165) is 12.0 Å². The summed E-state index contributed by atoms with van der Waals surface area (Å²) in [7, 11) is 0. The van der Waals surface area contributed by atoms with E-state index in [1.807, 2.05) is 11.9 Å². The molecule has 0 amide bonds. The van der Waals surface area contributed by atoms with Crippen LogP contribution in [0.5, 0.6) is 0 Å². The van der Waals surface area contributed by atoms with Crippen molar-refractivity contribution < 1.29 is 5.11 Å². The number of aliphatic hydroxyl groups excluding tert-OH is 1. The number of halogens is 5. The van der Waals surface area contributed by atoms with Gasteiger partial charge in [-0.2, -0.15) is 0 Å². The van der Waals surface area contributed by atoms with Crippen molar-refractivity contribution in [3.63, 3.8) is 0 Å². The molecule has 0 aromatic rings. The molecule has 0 aliphatic rings. The van der Waals surface area contributed by atoms with Gasteiger partial charge in [-0.1, -0.05) is 47.8 Å². The van der Waals surface area contributed by atoms with E-state index in [0.29, 0.717) is 17.1 Å². The average molecular weight is 462 g/mol. The van der Waals surface area contributed by atoms with Crippen molar-refractivity contribution in [1.29, 1.82) is 0 Å². The second-order valence-corrected chi connectivity index (χ2v) is 6.83. The summed E-state index contributed by atoms with van der Waals surface area (Å²) in [4.78, 5) is 1.19. The zero-order valence-electron chi connectivity index (χ0n) is 8.90. The quantitative estimate of drug-likeness (QED) is 0.540. The van der Waals surface area contributed by atoms with Crippen molar-refractivity contribution in [2.75, 3.05) is 10.7 Å². The van der Waals surface area contributed by atoms with E-state index < -0.39 is 11.0 Å². The van der Waals surface area contributed by atoms with Gasteiger partial charge in [-0.3, -0.25) is 0 Å². The van der Waals surface area contributed by atoms with Crippen LogP contribution < -0.4 is 0 Å². The van der Waals surface area contributed by atoms with Crippen molar-refractivity contribution in [3.8, 4) is 0 Å². The minimum absolute atomic E-state index is 0.0582. The van der Waals surface area contributed by atoms with Crippen molar-refractivity contribution in [2.24, 2.45) is 0 Å². The molecule has 0 radical (unpaired) electrons. The van der Waals surface area contributed by atoms with Gasteiger partial charge in [-0.05, 0) is 30.3 Å². The normalized spacial score (nSPS) is 20.3. The third-order valence-electron chi connectivity index (χ3n) is 2.34. The number of aliphatic hydroxyl groups is 1. The molecule has 1 N–H and O–H groups in total. The lowest BCUT2D eigenvalue weighted by Gasteiger charge is -2.26. The zero-order valence-corrected chi connectivity index (χ0v) is 15.2. The molecular formula is C10H15Br3Cl2O. The highest BCUT2D eigenvalue weighted by atomic mass is 79.9. The van der Waals surface area contributed by atoms with Crippen molar-refractivity contribution >= 4 is 71.0 Å². The fraction of sp³-hybridized carbons (Fsp3) is 0.800. The molecule has 0 saturated heterocycles. The van der Waals surface area contributed by atoms with E-state index in [4.69, 9.17) is 23.2 Å². The van der Waals surface area contributed by atoms with Gasteiger partial charge < -0.3 is 5.11 Å². The Bertz CT molecular complexity index is 234. The first kappa shape index (κ1) is 17.7. The van der Waals surface area contributed by atoms with Gasteiger partial charge in [0, 0.05) is 10.7 Å². The minimum Gasteiger partial charge on any atom is -0.391 e. The monoisotopic (exact) mass is 458 g/mol. The molecular weight excluding hydrogens is 447 g/mol. The van der Waals surface area contributed by atoms with Gasteiger partial charge in [0.15, 0.2) is 0 Å². The largest absolute Gasteiger partial charge is 0.391 e. The number of rotatable bonds is 7. The highest BCUT2D eigenvalue weighted by Crippen LogP contribution is 2.28. The third kappa shape index (κ3) is 6.05. The van der Waals surface area contributed by atoms with E-state index in [9.17, 15) is 5.11 Å². The maximum absolute atomic E-state index is 9.92. The fourth-order valence-corrected chi connectivity index (χ4v) is 2.84. The van der Waals surface area contributed by atoms with Crippen LogP contribution in [0.25, 0.3) is 0 Å². The molecule has 0 aliphatic carbocycles. The van der Waals surface area contributed by atoms with Gasteiger partial charge in [0.1, 0.15) is 0 Å². The van der Waals surface area contributed by atoms with Crippen LogP contribution in [0.4, 0.5) is 0 Å². The summed E-state index contributed by atoms with van der Waals surface area (Å²) in [5, 5.41) is 11.1. The van der Waals surface area contributed by atoms with Crippen LogP contribution in [0.3, 0.4) is 0 Å². The van der Waals surface area contributed by atoms with E-state index in [1.54, 1.807) is 0 Å². The molecule has 96 valence electrons. The van der Waals surface area contributed by atoms with Crippen LogP contribution in [0, 0.1) is 0 Å². The molecule has 0 spiro atoms. The SMILES string of the molecule is C[C@](Cl)(CBr)[C@H](O)CC/C(=C/Br)[C@H](Cl)CBr. The van der Waals surface area contributed by atoms with Crippen LogP contribution >= 0.6 is 71.0 Å². The summed E-state index contributed by atoms with van der Waals surface area (Å²) in [5.41, 5.74) is 1.06. The van der Waals surface area contributed by atoms with Crippen molar-refractivity contribution in [2.45, 2.75) is 36.1 Å². The Morgan fingerprint density at radius 1 is 1.50 bits per heavy atom. The van der Waals surface area contributed by atoms with Gasteiger partial charge in [0.05, 0.1) is 16.4 Å². The third-order valence-corrected chi connectivity index (χ3v) is 6.26. The van der Waals surface area contributed by atoms with Crippen LogP contribution in [0.15, 0.2) is 10.6 Å². The molecule has 0 aliphatic heterocycles. The summed E-state index contributed by atoms with van der Waals surface area (Å²) in [6.07, 6.45) is 0.760. The summed E-state index contributed by atoms with van der Waals surface area (Å²) in [5.74, 6) is 0. The number of allylic oxidation sites excluding steroid dienone is 1. The Morgan fingerprint density at radius 3 is 2.44 bits per heavy atom. The highest BCUT2D eigenvalue weighted by molar-refractivity contribution is 9.11. The Labute approximate surface area is 132 Å². The molecule has 0 aromatic carbocycles. The summed E-state index contributed by atoms with van der Waals surface area (Å²) < 4.78 is 0. The smallest absolute Gasteiger partial charge is 0.0773 e. The Hall–Kier alpha value is 1.72. The molecule has 6 heteroatoms. The lowest BCUT2D eigenvalue weighted by atomic mass is 9.98. The maximum Gasteiger partial charge on any atom is 0.0773 e. The first-order chi connectivity index (χ1) is 7.38. The fourth-order valence-electron chi connectivity index (χ4n) is 1.07. The molecule has 0 aromatic heterocycles. The predicted octanol–water partition coefficient (Wildman–Crippen LogP) is 4.80. The number of alkyl halides is 4. The van der Waals surface area contributed by atoms with Crippen molar-refractivity contribution in [1.82, 2.24) is 0 Å². The van der Waals surface area contributed by atoms with Gasteiger partial charge in [-0.15, -0.1) is 23.2 Å². The van der Waals surface area contributed by atoms with Gasteiger partial charge >= 0.3 is 0 Å². The zero-order chi connectivity index (χ0) is 12.8. The molecule has 0 heterocycles. The first-order valence-electron chi connectivity index (χ1n) is 4.81. The summed E-state index contributed by atoms with van der Waals surface area (Å²) >= 11 is 22.1. The molecule has 0 unspecified atom stereocenters. The van der Waals surface area contributed by atoms with Crippen LogP contribution in [0.2, 0.25) is 0 Å². The highest BCUT2D eigenvalue weighted by Gasteiger charge is 2.29. The van der Waals surface area contributed by atoms with Gasteiger partial charge in [-0.25, -0.2) is 0 Å². The van der Waals surface area contributed by atoms with E-state index >= 15 is 0 Å². The van der Waals surface area contributed by atoms with Crippen LogP contribution in [-0.2, 0) is 0 Å². The standard InChI is InChI=1S/C10H15Br3Cl2O/c1-10(15,6-13)9(16)3-2-7(4-11)8(14)5-12/h4,8-9,16H,2-3,5-6H2,1H3/b7-4-/t8-,9-,10+/m1/s1. The second-order valence-electron chi connectivity index (χ2n) is 3.77. The Balaban J connectivity index is 4.23. The van der Waals surface area contributed by atoms with E-state index in [1.165, 1.54) is 0 Å². The summed E-state index contributed by atoms with van der Waals surface area (Å²) in [6.45, 7) is 1.81. The minimum atomic E-state index is -0.631. The molecule has 0 fully saturated rings. The van der Waals surface area contributed by atoms with Gasteiger partial charge in [0.25, 0.3) is 0 Å². The first-order valence-corrected chi connectivity index (χ1v) is 8.78. The molecule has 0 rings (SSSR count). The number of hydrogen-bond donors (Lipinski definition) is 1. The lowest BCUT2D eigenvalue weighted by molar-refractivity contribution is 0.132. The lowest BCUT2D eigenvalue weighted by Crippen LogP contribution is -2.35. The topological polar surface area (TPSA) is 20.2 Å². The second kappa shape index (κ2) is 8.76. The van der Waals surface area contributed by atoms with Gasteiger partial charge in [0.2, 0.25) is 0 Å². The molecule has 0 saturated carbocycles. The molecule has 1 nitrogen and oxygen atoms in total.